The van der Waals surface area contributed by atoms with Gasteiger partial charge in [0, 0.05) is 22.3 Å². The molecule has 0 aliphatic carbocycles. The Bertz CT molecular complexity index is 1110. The molecule has 2 aromatic carbocycles. The van der Waals surface area contributed by atoms with Crippen molar-refractivity contribution in [2.75, 3.05) is 0 Å². The molecule has 132 valence electrons. The van der Waals surface area contributed by atoms with Crippen molar-refractivity contribution in [2.24, 2.45) is 0 Å². The predicted octanol–water partition coefficient (Wildman–Crippen LogP) is 6.14. The lowest BCUT2D eigenvalue weighted by Gasteiger charge is -2.12. The molecule has 2 aromatic heterocycles. The minimum absolute atomic E-state index is 0.662. The molecular formula is C23H18ClN3. The van der Waals surface area contributed by atoms with Gasteiger partial charge in [-0.15, -0.1) is 0 Å². The van der Waals surface area contributed by atoms with Crippen LogP contribution in [0.4, 0.5) is 0 Å². The zero-order chi connectivity index (χ0) is 18.8. The molecule has 27 heavy (non-hydrogen) atoms. The maximum atomic E-state index is 6.44. The molecule has 4 heteroatoms. The van der Waals surface area contributed by atoms with E-state index in [1.807, 2.05) is 54.6 Å². The normalized spacial score (nSPS) is 10.8. The van der Waals surface area contributed by atoms with Crippen molar-refractivity contribution in [3.63, 3.8) is 0 Å². The third-order valence-electron chi connectivity index (χ3n) is 4.65. The maximum absolute atomic E-state index is 6.44. The average molecular weight is 372 g/mol. The molecule has 0 amide bonds. The number of rotatable bonds is 3. The molecule has 0 fully saturated rings. The van der Waals surface area contributed by atoms with Gasteiger partial charge in [0.1, 0.15) is 0 Å². The van der Waals surface area contributed by atoms with Gasteiger partial charge in [0.2, 0.25) is 0 Å². The van der Waals surface area contributed by atoms with E-state index in [4.69, 9.17) is 21.6 Å². The number of aryl methyl sites for hydroxylation is 1. The highest BCUT2D eigenvalue weighted by Crippen LogP contribution is 2.31. The Morgan fingerprint density at radius 1 is 0.704 bits per heavy atom. The van der Waals surface area contributed by atoms with E-state index in [-0.39, 0.29) is 0 Å². The largest absolute Gasteiger partial charge is 0.255 e. The van der Waals surface area contributed by atoms with Crippen LogP contribution in [-0.2, 0) is 0 Å². The van der Waals surface area contributed by atoms with Crippen molar-refractivity contribution in [1.29, 1.82) is 0 Å². The molecule has 0 N–H and O–H groups in total. The van der Waals surface area contributed by atoms with Gasteiger partial charge in [-0.2, -0.15) is 0 Å². The van der Waals surface area contributed by atoms with Gasteiger partial charge in [0.15, 0.2) is 5.82 Å². The van der Waals surface area contributed by atoms with Crippen LogP contribution in [0.1, 0.15) is 11.1 Å². The Morgan fingerprint density at radius 3 is 2.22 bits per heavy atom. The molecule has 0 spiro atoms. The number of hydrogen-bond donors (Lipinski definition) is 0. The summed E-state index contributed by atoms with van der Waals surface area (Å²) in [7, 11) is 0. The fourth-order valence-electron chi connectivity index (χ4n) is 3.01. The molecule has 0 aliphatic rings. The molecule has 0 bridgehead atoms. The van der Waals surface area contributed by atoms with E-state index in [1.54, 1.807) is 6.20 Å². The van der Waals surface area contributed by atoms with Crippen LogP contribution in [0, 0.1) is 13.8 Å². The Hall–Kier alpha value is -3.04. The fraction of sp³-hybridized carbons (Fsp3) is 0.0870. The average Bonchev–Trinajstić information content (AvgIpc) is 2.71. The second kappa shape index (κ2) is 7.29. The summed E-state index contributed by atoms with van der Waals surface area (Å²) in [5, 5.41) is 0.662. The van der Waals surface area contributed by atoms with Crippen LogP contribution >= 0.6 is 11.6 Å². The number of halogens is 1. The van der Waals surface area contributed by atoms with E-state index >= 15 is 0 Å². The first-order chi connectivity index (χ1) is 13.1. The van der Waals surface area contributed by atoms with E-state index in [1.165, 1.54) is 11.1 Å². The number of nitrogens with zero attached hydrogens (tertiary/aromatic N) is 3. The lowest BCUT2D eigenvalue weighted by Crippen LogP contribution is -1.99. The topological polar surface area (TPSA) is 38.7 Å². The molecule has 4 rings (SSSR count). The summed E-state index contributed by atoms with van der Waals surface area (Å²) >= 11 is 6.44. The van der Waals surface area contributed by atoms with E-state index in [0.717, 1.165) is 28.2 Å². The second-order valence-electron chi connectivity index (χ2n) is 6.40. The third-order valence-corrected chi connectivity index (χ3v) is 4.98. The van der Waals surface area contributed by atoms with Crippen LogP contribution in [0.5, 0.6) is 0 Å². The molecule has 0 atom stereocenters. The van der Waals surface area contributed by atoms with Crippen molar-refractivity contribution in [3.05, 3.63) is 89.1 Å². The van der Waals surface area contributed by atoms with Crippen LogP contribution < -0.4 is 0 Å². The highest BCUT2D eigenvalue weighted by Gasteiger charge is 2.14. The van der Waals surface area contributed by atoms with Crippen LogP contribution in [0.25, 0.3) is 34.0 Å². The highest BCUT2D eigenvalue weighted by atomic mass is 35.5. The van der Waals surface area contributed by atoms with Crippen molar-refractivity contribution >= 4 is 11.6 Å². The van der Waals surface area contributed by atoms with Crippen LogP contribution in [0.15, 0.2) is 72.9 Å². The lowest BCUT2D eigenvalue weighted by atomic mass is 10.0. The van der Waals surface area contributed by atoms with Gasteiger partial charge in [0.05, 0.1) is 17.1 Å². The minimum Gasteiger partial charge on any atom is -0.255 e. The summed E-state index contributed by atoms with van der Waals surface area (Å²) < 4.78 is 0. The Balaban J connectivity index is 1.98. The molecule has 0 saturated carbocycles. The van der Waals surface area contributed by atoms with E-state index in [2.05, 4.69) is 31.0 Å². The third kappa shape index (κ3) is 3.46. The van der Waals surface area contributed by atoms with Crippen LogP contribution in [-0.4, -0.2) is 15.0 Å². The molecular weight excluding hydrogens is 354 g/mol. The van der Waals surface area contributed by atoms with Crippen molar-refractivity contribution in [1.82, 2.24) is 15.0 Å². The van der Waals surface area contributed by atoms with Crippen LogP contribution in [0.3, 0.4) is 0 Å². The Morgan fingerprint density at radius 2 is 1.44 bits per heavy atom. The smallest absolute Gasteiger partial charge is 0.160 e. The van der Waals surface area contributed by atoms with Gasteiger partial charge in [-0.1, -0.05) is 54.1 Å². The summed E-state index contributed by atoms with van der Waals surface area (Å²) in [6.45, 7) is 4.19. The van der Waals surface area contributed by atoms with Gasteiger partial charge < -0.3 is 0 Å². The number of benzene rings is 2. The van der Waals surface area contributed by atoms with Crippen molar-refractivity contribution in [3.8, 4) is 34.0 Å². The van der Waals surface area contributed by atoms with E-state index in [0.29, 0.717) is 10.8 Å². The molecule has 0 saturated heterocycles. The molecule has 3 nitrogen and oxygen atoms in total. The van der Waals surface area contributed by atoms with Gasteiger partial charge >= 0.3 is 0 Å². The molecule has 0 unspecified atom stereocenters. The van der Waals surface area contributed by atoms with Crippen molar-refractivity contribution in [2.45, 2.75) is 13.8 Å². The first kappa shape index (κ1) is 17.4. The standard InChI is InChI=1S/C23H18ClN3/c1-15-8-7-10-17(16(15)2)23-26-21(18-9-3-4-11-19(18)24)14-22(27-23)20-12-5-6-13-25-20/h3-14H,1-2H3. The maximum Gasteiger partial charge on any atom is 0.160 e. The fourth-order valence-corrected chi connectivity index (χ4v) is 3.25. The zero-order valence-corrected chi connectivity index (χ0v) is 15.9. The predicted molar refractivity (Wildman–Crippen MR) is 111 cm³/mol. The highest BCUT2D eigenvalue weighted by molar-refractivity contribution is 6.33. The molecule has 0 aliphatic heterocycles. The summed E-state index contributed by atoms with van der Waals surface area (Å²) in [5.41, 5.74) is 6.63. The SMILES string of the molecule is Cc1cccc(-c2nc(-c3ccccn3)cc(-c3ccccc3Cl)n2)c1C. The number of hydrogen-bond acceptors (Lipinski definition) is 3. The molecule has 4 aromatic rings. The minimum atomic E-state index is 0.662. The molecule has 0 radical (unpaired) electrons. The molecule has 2 heterocycles. The first-order valence-electron chi connectivity index (χ1n) is 8.75. The van der Waals surface area contributed by atoms with Crippen molar-refractivity contribution < 1.29 is 0 Å². The lowest BCUT2D eigenvalue weighted by molar-refractivity contribution is 1.15. The Labute approximate surface area is 163 Å². The van der Waals surface area contributed by atoms with Crippen LogP contribution in [0.2, 0.25) is 5.02 Å². The summed E-state index contributed by atoms with van der Waals surface area (Å²) in [6.07, 6.45) is 1.77. The van der Waals surface area contributed by atoms with E-state index < -0.39 is 0 Å². The second-order valence-corrected chi connectivity index (χ2v) is 6.81. The van der Waals surface area contributed by atoms with Gasteiger partial charge in [-0.25, -0.2) is 9.97 Å². The van der Waals surface area contributed by atoms with Gasteiger partial charge in [-0.3, -0.25) is 4.98 Å². The summed E-state index contributed by atoms with van der Waals surface area (Å²) in [6, 6.07) is 21.6. The van der Waals surface area contributed by atoms with E-state index in [9.17, 15) is 0 Å². The quantitative estimate of drug-likeness (QED) is 0.434. The zero-order valence-electron chi connectivity index (χ0n) is 15.1. The number of pyridine rings is 1. The number of aromatic nitrogens is 3. The first-order valence-corrected chi connectivity index (χ1v) is 9.13. The monoisotopic (exact) mass is 371 g/mol. The summed E-state index contributed by atoms with van der Waals surface area (Å²) in [4.78, 5) is 14.1. The Kier molecular flexibility index (Phi) is 4.69. The van der Waals surface area contributed by atoms with Gasteiger partial charge in [0.25, 0.3) is 0 Å². The summed E-state index contributed by atoms with van der Waals surface area (Å²) in [5.74, 6) is 0.675. The van der Waals surface area contributed by atoms with Gasteiger partial charge in [-0.05, 0) is 49.2 Å².